The molecule has 0 aliphatic rings. The van der Waals surface area contributed by atoms with Crippen LogP contribution in [0.15, 0.2) is 72.4 Å². The largest absolute Gasteiger partial charge is 0.478 e. The zero-order chi connectivity index (χ0) is 20.1. The minimum atomic E-state index is -1.04. The number of carboxylic acid groups (broad SMARTS) is 1. The van der Waals surface area contributed by atoms with Gasteiger partial charge in [0, 0.05) is 28.3 Å². The first-order valence-electron chi connectivity index (χ1n) is 8.18. The van der Waals surface area contributed by atoms with E-state index in [1.165, 1.54) is 18.2 Å². The van der Waals surface area contributed by atoms with Gasteiger partial charge >= 0.3 is 5.97 Å². The number of aromatic carboxylic acids is 1. The Labute approximate surface area is 165 Å². The monoisotopic (exact) mass is 391 g/mol. The lowest BCUT2D eigenvalue weighted by atomic mass is 10.2. The molecule has 0 bridgehead atoms. The average Bonchev–Trinajstić information content (AvgIpc) is 3.14. The van der Waals surface area contributed by atoms with Gasteiger partial charge in [-0.2, -0.15) is 5.26 Å². The number of carbonyl (C=O) groups is 2. The predicted molar refractivity (Wildman–Crippen MR) is 106 cm³/mol. The highest BCUT2D eigenvalue weighted by atomic mass is 35.5. The van der Waals surface area contributed by atoms with E-state index in [1.807, 2.05) is 6.07 Å². The number of anilines is 1. The van der Waals surface area contributed by atoms with Crippen LogP contribution in [0.4, 0.5) is 5.69 Å². The van der Waals surface area contributed by atoms with Crippen LogP contribution in [0.3, 0.4) is 0 Å². The Hall–Kier alpha value is -3.82. The summed E-state index contributed by atoms with van der Waals surface area (Å²) in [5.74, 6) is -1.61. The first-order chi connectivity index (χ1) is 13.5. The topological polar surface area (TPSA) is 95.1 Å². The summed E-state index contributed by atoms with van der Waals surface area (Å²) in [5.41, 5.74) is 1.67. The van der Waals surface area contributed by atoms with Crippen molar-refractivity contribution in [1.82, 2.24) is 4.57 Å². The van der Waals surface area contributed by atoms with E-state index in [0.29, 0.717) is 22.1 Å². The number of nitrogens with one attached hydrogen (secondary N) is 1. The van der Waals surface area contributed by atoms with E-state index in [-0.39, 0.29) is 11.1 Å². The lowest BCUT2D eigenvalue weighted by Gasteiger charge is -2.09. The zero-order valence-electron chi connectivity index (χ0n) is 14.5. The van der Waals surface area contributed by atoms with Crippen molar-refractivity contribution in [2.45, 2.75) is 0 Å². The molecule has 28 heavy (non-hydrogen) atoms. The Morgan fingerprint density at radius 2 is 1.89 bits per heavy atom. The van der Waals surface area contributed by atoms with Crippen LogP contribution in [0.25, 0.3) is 11.8 Å². The highest BCUT2D eigenvalue weighted by Crippen LogP contribution is 2.19. The Balaban J connectivity index is 1.91. The number of benzene rings is 2. The number of rotatable bonds is 5. The maximum absolute atomic E-state index is 12.4. The molecule has 1 amide bonds. The first kappa shape index (κ1) is 19.0. The second-order valence-electron chi connectivity index (χ2n) is 5.79. The molecule has 0 unspecified atom stereocenters. The molecule has 0 aliphatic carbocycles. The van der Waals surface area contributed by atoms with Crippen molar-refractivity contribution in [1.29, 1.82) is 5.26 Å². The second kappa shape index (κ2) is 8.25. The fourth-order valence-corrected chi connectivity index (χ4v) is 2.79. The number of halogens is 1. The summed E-state index contributed by atoms with van der Waals surface area (Å²) in [4.78, 5) is 23.6. The fraction of sp³-hybridized carbons (Fsp3) is 0. The van der Waals surface area contributed by atoms with Gasteiger partial charge in [-0.05, 0) is 54.6 Å². The van der Waals surface area contributed by atoms with Crippen LogP contribution >= 0.6 is 11.6 Å². The molecule has 0 saturated carbocycles. The number of hydrogen-bond donors (Lipinski definition) is 2. The Bertz CT molecular complexity index is 1130. The number of carbonyl (C=O) groups excluding carboxylic acids is 1. The van der Waals surface area contributed by atoms with Crippen LogP contribution in [0, 0.1) is 11.3 Å². The van der Waals surface area contributed by atoms with E-state index in [9.17, 15) is 14.9 Å². The third-order valence-electron chi connectivity index (χ3n) is 3.89. The average molecular weight is 392 g/mol. The maximum atomic E-state index is 12.4. The molecule has 6 nitrogen and oxygen atoms in total. The van der Waals surface area contributed by atoms with Gasteiger partial charge in [0.1, 0.15) is 11.6 Å². The third kappa shape index (κ3) is 4.29. The molecule has 2 aromatic carbocycles. The Kier molecular flexibility index (Phi) is 5.58. The number of aromatic nitrogens is 1. The highest BCUT2D eigenvalue weighted by Gasteiger charge is 2.12. The van der Waals surface area contributed by atoms with Crippen molar-refractivity contribution < 1.29 is 14.7 Å². The van der Waals surface area contributed by atoms with E-state index < -0.39 is 11.9 Å². The number of nitriles is 1. The maximum Gasteiger partial charge on any atom is 0.335 e. The van der Waals surface area contributed by atoms with Gasteiger partial charge in [0.25, 0.3) is 5.91 Å². The van der Waals surface area contributed by atoms with Crippen molar-refractivity contribution in [2.24, 2.45) is 0 Å². The summed E-state index contributed by atoms with van der Waals surface area (Å²) in [6.07, 6.45) is 3.16. The van der Waals surface area contributed by atoms with Crippen molar-refractivity contribution >= 4 is 35.2 Å². The molecule has 3 rings (SSSR count). The van der Waals surface area contributed by atoms with E-state index in [2.05, 4.69) is 5.32 Å². The van der Waals surface area contributed by atoms with Gasteiger partial charge in [0.05, 0.1) is 5.56 Å². The molecular weight excluding hydrogens is 378 g/mol. The Morgan fingerprint density at radius 3 is 2.61 bits per heavy atom. The number of carboxylic acids is 1. The molecule has 2 N–H and O–H groups in total. The minimum Gasteiger partial charge on any atom is -0.478 e. The van der Waals surface area contributed by atoms with E-state index in [1.54, 1.807) is 59.3 Å². The molecule has 0 saturated heterocycles. The van der Waals surface area contributed by atoms with Gasteiger partial charge in [-0.3, -0.25) is 4.79 Å². The summed E-state index contributed by atoms with van der Waals surface area (Å²) >= 11 is 5.90. The van der Waals surface area contributed by atoms with Crippen molar-refractivity contribution in [3.8, 4) is 11.8 Å². The van der Waals surface area contributed by atoms with Crippen LogP contribution in [0.2, 0.25) is 5.02 Å². The zero-order valence-corrected chi connectivity index (χ0v) is 15.2. The van der Waals surface area contributed by atoms with E-state index >= 15 is 0 Å². The van der Waals surface area contributed by atoms with Gasteiger partial charge < -0.3 is 15.0 Å². The summed E-state index contributed by atoms with van der Waals surface area (Å²) in [6, 6.07) is 18.3. The SMILES string of the molecule is N#C/C(=C/c1cccn1-c1cccc(C(=O)O)c1)C(=O)Nc1cccc(Cl)c1. The summed E-state index contributed by atoms with van der Waals surface area (Å²) in [7, 11) is 0. The van der Waals surface area contributed by atoms with Crippen molar-refractivity contribution in [2.75, 3.05) is 5.32 Å². The highest BCUT2D eigenvalue weighted by molar-refractivity contribution is 6.31. The molecule has 0 atom stereocenters. The molecule has 0 aliphatic heterocycles. The molecule has 0 fully saturated rings. The van der Waals surface area contributed by atoms with Gasteiger partial charge in [-0.25, -0.2) is 4.79 Å². The van der Waals surface area contributed by atoms with Crippen molar-refractivity contribution in [3.63, 3.8) is 0 Å². The lowest BCUT2D eigenvalue weighted by molar-refractivity contribution is -0.112. The molecule has 1 heterocycles. The van der Waals surface area contributed by atoms with E-state index in [4.69, 9.17) is 16.7 Å². The normalized spacial score (nSPS) is 10.9. The van der Waals surface area contributed by atoms with Crippen LogP contribution in [0.1, 0.15) is 16.1 Å². The third-order valence-corrected chi connectivity index (χ3v) is 4.13. The smallest absolute Gasteiger partial charge is 0.335 e. The van der Waals surface area contributed by atoms with Crippen LogP contribution < -0.4 is 5.32 Å². The number of nitrogens with zero attached hydrogens (tertiary/aromatic N) is 2. The molecule has 3 aromatic rings. The lowest BCUT2D eigenvalue weighted by Crippen LogP contribution is -2.13. The van der Waals surface area contributed by atoms with Crippen LogP contribution in [0.5, 0.6) is 0 Å². The molecule has 0 radical (unpaired) electrons. The predicted octanol–water partition coefficient (Wildman–Crippen LogP) is 4.37. The van der Waals surface area contributed by atoms with Crippen molar-refractivity contribution in [3.05, 3.63) is 88.7 Å². The summed E-state index contributed by atoms with van der Waals surface area (Å²) in [6.45, 7) is 0. The molecular formula is C21H14ClN3O3. The second-order valence-corrected chi connectivity index (χ2v) is 6.23. The fourth-order valence-electron chi connectivity index (χ4n) is 2.60. The standard InChI is InChI=1S/C21H14ClN3O3/c22-16-5-2-6-17(12-16)24-20(26)15(13-23)11-19-8-3-9-25(19)18-7-1-4-14(10-18)21(27)28/h1-12H,(H,24,26)(H,27,28)/b15-11-. The molecule has 1 aromatic heterocycles. The summed E-state index contributed by atoms with van der Waals surface area (Å²) < 4.78 is 1.69. The van der Waals surface area contributed by atoms with Gasteiger partial charge in [0.15, 0.2) is 0 Å². The van der Waals surface area contributed by atoms with Gasteiger partial charge in [0.2, 0.25) is 0 Å². The van der Waals surface area contributed by atoms with E-state index in [0.717, 1.165) is 0 Å². The minimum absolute atomic E-state index is 0.102. The van der Waals surface area contributed by atoms with Crippen LogP contribution in [-0.4, -0.2) is 21.6 Å². The van der Waals surface area contributed by atoms with Gasteiger partial charge in [-0.15, -0.1) is 0 Å². The molecule has 7 heteroatoms. The molecule has 138 valence electrons. The number of hydrogen-bond acceptors (Lipinski definition) is 3. The quantitative estimate of drug-likeness (QED) is 0.498. The first-order valence-corrected chi connectivity index (χ1v) is 8.55. The van der Waals surface area contributed by atoms with Gasteiger partial charge in [-0.1, -0.05) is 23.7 Å². The number of amides is 1. The Morgan fingerprint density at radius 1 is 1.11 bits per heavy atom. The van der Waals surface area contributed by atoms with Crippen LogP contribution in [-0.2, 0) is 4.79 Å². The summed E-state index contributed by atoms with van der Waals surface area (Å²) in [5, 5.41) is 21.7. The molecule has 0 spiro atoms.